The van der Waals surface area contributed by atoms with Crippen molar-refractivity contribution in [2.45, 2.75) is 38.1 Å². The predicted molar refractivity (Wildman–Crippen MR) is 68.8 cm³/mol. The number of nitrogens with one attached hydrogen (secondary N) is 1. The van der Waals surface area contributed by atoms with Gasteiger partial charge in [0, 0.05) is 6.04 Å². The number of piperidine rings is 1. The first-order valence-electron chi connectivity index (χ1n) is 6.28. The maximum Gasteiger partial charge on any atom is 0.226 e. The molecule has 3 N–H and O–H groups in total. The SMILES string of the molecule is Cc1ccccc1[C@H](C(N)=O)[C@H]1CCCCN1. The van der Waals surface area contributed by atoms with Crippen LogP contribution in [0, 0.1) is 6.92 Å². The fraction of sp³-hybridized carbons (Fsp3) is 0.500. The van der Waals surface area contributed by atoms with Gasteiger partial charge in [-0.25, -0.2) is 0 Å². The molecule has 0 radical (unpaired) electrons. The Labute approximate surface area is 102 Å². The molecule has 92 valence electrons. The molecule has 0 saturated carbocycles. The monoisotopic (exact) mass is 232 g/mol. The van der Waals surface area contributed by atoms with Crippen LogP contribution in [-0.4, -0.2) is 18.5 Å². The summed E-state index contributed by atoms with van der Waals surface area (Å²) in [4.78, 5) is 11.7. The fourth-order valence-electron chi connectivity index (χ4n) is 2.67. The maximum atomic E-state index is 11.7. The third kappa shape index (κ3) is 2.67. The second-order valence-corrected chi connectivity index (χ2v) is 4.79. The highest BCUT2D eigenvalue weighted by atomic mass is 16.1. The van der Waals surface area contributed by atoms with Gasteiger partial charge in [0.05, 0.1) is 5.92 Å². The molecule has 17 heavy (non-hydrogen) atoms. The third-order valence-corrected chi connectivity index (χ3v) is 3.58. The minimum atomic E-state index is -0.223. The van der Waals surface area contributed by atoms with Crippen LogP contribution in [0.2, 0.25) is 0 Å². The number of primary amides is 1. The molecule has 2 atom stereocenters. The number of aryl methyl sites for hydroxylation is 1. The van der Waals surface area contributed by atoms with Crippen LogP contribution in [0.5, 0.6) is 0 Å². The Hall–Kier alpha value is -1.35. The minimum Gasteiger partial charge on any atom is -0.369 e. The Morgan fingerprint density at radius 3 is 2.76 bits per heavy atom. The van der Waals surface area contributed by atoms with Crippen molar-refractivity contribution in [1.82, 2.24) is 5.32 Å². The van der Waals surface area contributed by atoms with Gasteiger partial charge in [0.25, 0.3) is 0 Å². The first-order valence-corrected chi connectivity index (χ1v) is 6.28. The summed E-state index contributed by atoms with van der Waals surface area (Å²) in [7, 11) is 0. The van der Waals surface area contributed by atoms with Crippen molar-refractivity contribution >= 4 is 5.91 Å². The molecule has 1 amide bonds. The molecule has 0 spiro atoms. The summed E-state index contributed by atoms with van der Waals surface area (Å²) in [5.74, 6) is -0.421. The van der Waals surface area contributed by atoms with Gasteiger partial charge in [-0.15, -0.1) is 0 Å². The molecule has 1 heterocycles. The van der Waals surface area contributed by atoms with Gasteiger partial charge in [0.1, 0.15) is 0 Å². The van der Waals surface area contributed by atoms with Crippen molar-refractivity contribution in [3.05, 3.63) is 35.4 Å². The fourth-order valence-corrected chi connectivity index (χ4v) is 2.67. The zero-order chi connectivity index (χ0) is 12.3. The van der Waals surface area contributed by atoms with Crippen molar-refractivity contribution in [2.24, 2.45) is 5.73 Å². The van der Waals surface area contributed by atoms with Crippen LogP contribution >= 0.6 is 0 Å². The molecule has 2 rings (SSSR count). The molecule has 0 aliphatic carbocycles. The van der Waals surface area contributed by atoms with Crippen LogP contribution in [0.15, 0.2) is 24.3 Å². The van der Waals surface area contributed by atoms with E-state index in [0.717, 1.165) is 24.1 Å². The van der Waals surface area contributed by atoms with Gasteiger partial charge >= 0.3 is 0 Å². The van der Waals surface area contributed by atoms with Crippen LogP contribution in [-0.2, 0) is 4.79 Å². The Morgan fingerprint density at radius 2 is 2.18 bits per heavy atom. The number of amides is 1. The van der Waals surface area contributed by atoms with E-state index in [1.54, 1.807) is 0 Å². The molecule has 0 unspecified atom stereocenters. The number of benzene rings is 1. The van der Waals surface area contributed by atoms with E-state index in [0.29, 0.717) is 0 Å². The van der Waals surface area contributed by atoms with Crippen LogP contribution in [0.4, 0.5) is 0 Å². The molecule has 3 nitrogen and oxygen atoms in total. The van der Waals surface area contributed by atoms with Crippen LogP contribution in [0.25, 0.3) is 0 Å². The minimum absolute atomic E-state index is 0.197. The molecule has 1 fully saturated rings. The summed E-state index contributed by atoms with van der Waals surface area (Å²) in [6.07, 6.45) is 3.39. The van der Waals surface area contributed by atoms with Crippen molar-refractivity contribution in [2.75, 3.05) is 6.54 Å². The van der Waals surface area contributed by atoms with E-state index in [-0.39, 0.29) is 17.9 Å². The quantitative estimate of drug-likeness (QED) is 0.833. The average molecular weight is 232 g/mol. The van der Waals surface area contributed by atoms with E-state index in [9.17, 15) is 4.79 Å². The lowest BCUT2D eigenvalue weighted by atomic mass is 9.84. The van der Waals surface area contributed by atoms with Crippen molar-refractivity contribution < 1.29 is 4.79 Å². The van der Waals surface area contributed by atoms with Gasteiger partial charge in [-0.3, -0.25) is 4.79 Å². The molecule has 1 aromatic carbocycles. The van der Waals surface area contributed by atoms with E-state index < -0.39 is 0 Å². The lowest BCUT2D eigenvalue weighted by molar-refractivity contribution is -0.120. The Bertz CT molecular complexity index is 397. The zero-order valence-electron chi connectivity index (χ0n) is 10.3. The maximum absolute atomic E-state index is 11.7. The number of hydrogen-bond acceptors (Lipinski definition) is 2. The topological polar surface area (TPSA) is 55.1 Å². The zero-order valence-corrected chi connectivity index (χ0v) is 10.3. The summed E-state index contributed by atoms with van der Waals surface area (Å²) >= 11 is 0. The van der Waals surface area contributed by atoms with Crippen molar-refractivity contribution in [3.63, 3.8) is 0 Å². The lowest BCUT2D eigenvalue weighted by Gasteiger charge is -2.30. The molecule has 1 aromatic rings. The first-order chi connectivity index (χ1) is 8.20. The molecule has 1 aliphatic heterocycles. The number of rotatable bonds is 3. The molecule has 1 saturated heterocycles. The van der Waals surface area contributed by atoms with E-state index in [1.165, 1.54) is 12.8 Å². The molecule has 0 bridgehead atoms. The second-order valence-electron chi connectivity index (χ2n) is 4.79. The second kappa shape index (κ2) is 5.32. The molecule has 3 heteroatoms. The van der Waals surface area contributed by atoms with Crippen LogP contribution < -0.4 is 11.1 Å². The summed E-state index contributed by atoms with van der Waals surface area (Å²) in [6.45, 7) is 3.02. The van der Waals surface area contributed by atoms with Crippen molar-refractivity contribution in [1.29, 1.82) is 0 Å². The van der Waals surface area contributed by atoms with Gasteiger partial charge in [0.15, 0.2) is 0 Å². The largest absolute Gasteiger partial charge is 0.369 e. The summed E-state index contributed by atoms with van der Waals surface area (Å²) in [5, 5.41) is 3.43. The molecular formula is C14H20N2O. The van der Waals surface area contributed by atoms with E-state index >= 15 is 0 Å². The number of hydrogen-bond donors (Lipinski definition) is 2. The van der Waals surface area contributed by atoms with Crippen LogP contribution in [0.1, 0.15) is 36.3 Å². The summed E-state index contributed by atoms with van der Waals surface area (Å²) < 4.78 is 0. The number of carbonyl (C=O) groups is 1. The normalized spacial score (nSPS) is 22.1. The van der Waals surface area contributed by atoms with E-state index in [4.69, 9.17) is 5.73 Å². The van der Waals surface area contributed by atoms with Gasteiger partial charge < -0.3 is 11.1 Å². The van der Waals surface area contributed by atoms with E-state index in [1.807, 2.05) is 31.2 Å². The molecule has 0 aromatic heterocycles. The molecular weight excluding hydrogens is 212 g/mol. The van der Waals surface area contributed by atoms with E-state index in [2.05, 4.69) is 5.32 Å². The highest BCUT2D eigenvalue weighted by molar-refractivity contribution is 5.83. The lowest BCUT2D eigenvalue weighted by Crippen LogP contribution is -2.44. The van der Waals surface area contributed by atoms with Gasteiger partial charge in [-0.2, -0.15) is 0 Å². The van der Waals surface area contributed by atoms with Crippen LogP contribution in [0.3, 0.4) is 0 Å². The standard InChI is InChI=1S/C14H20N2O/c1-10-6-2-3-7-11(10)13(14(15)17)12-8-4-5-9-16-12/h2-3,6-7,12-13,16H,4-5,8-9H2,1H3,(H2,15,17)/t12-,13+/m1/s1. The summed E-state index contributed by atoms with van der Waals surface area (Å²) in [6, 6.07) is 8.21. The average Bonchev–Trinajstić information content (AvgIpc) is 2.33. The smallest absolute Gasteiger partial charge is 0.226 e. The highest BCUT2D eigenvalue weighted by Gasteiger charge is 2.29. The van der Waals surface area contributed by atoms with Gasteiger partial charge in [0.2, 0.25) is 5.91 Å². The Kier molecular flexibility index (Phi) is 3.79. The third-order valence-electron chi connectivity index (χ3n) is 3.58. The predicted octanol–water partition coefficient (Wildman–Crippen LogP) is 1.71. The van der Waals surface area contributed by atoms with Gasteiger partial charge in [-0.05, 0) is 37.4 Å². The summed E-state index contributed by atoms with van der Waals surface area (Å²) in [5.41, 5.74) is 7.80. The van der Waals surface area contributed by atoms with Crippen molar-refractivity contribution in [3.8, 4) is 0 Å². The Morgan fingerprint density at radius 1 is 1.41 bits per heavy atom. The molecule has 1 aliphatic rings. The Balaban J connectivity index is 2.28. The highest BCUT2D eigenvalue weighted by Crippen LogP contribution is 2.27. The number of nitrogens with two attached hydrogens (primary N) is 1. The first kappa shape index (κ1) is 12.1. The number of carbonyl (C=O) groups excluding carboxylic acids is 1. The van der Waals surface area contributed by atoms with Gasteiger partial charge in [-0.1, -0.05) is 30.7 Å².